The minimum absolute atomic E-state index is 0.157. The topological polar surface area (TPSA) is 34.9 Å². The van der Waals surface area contributed by atoms with Crippen molar-refractivity contribution in [3.05, 3.63) is 27.7 Å². The van der Waals surface area contributed by atoms with Crippen LogP contribution in [0.2, 0.25) is 0 Å². The molecule has 6 heteroatoms. The average Bonchev–Trinajstić information content (AvgIpc) is 1.95. The first kappa shape index (κ1) is 9.76. The van der Waals surface area contributed by atoms with Crippen molar-refractivity contribution in [1.82, 2.24) is 9.78 Å². The third-order valence-corrected chi connectivity index (χ3v) is 1.61. The number of aromatic nitrogens is 2. The van der Waals surface area contributed by atoms with E-state index in [4.69, 9.17) is 0 Å². The van der Waals surface area contributed by atoms with Crippen LogP contribution in [-0.2, 0) is 13.2 Å². The molecule has 13 heavy (non-hydrogen) atoms. The Hall–Kier alpha value is -1.33. The van der Waals surface area contributed by atoms with Gasteiger partial charge in [-0.05, 0) is 12.5 Å². The van der Waals surface area contributed by atoms with Crippen molar-refractivity contribution in [1.29, 1.82) is 0 Å². The van der Waals surface area contributed by atoms with Gasteiger partial charge in [0.25, 0.3) is 5.56 Å². The molecule has 0 amide bonds. The van der Waals surface area contributed by atoms with Gasteiger partial charge >= 0.3 is 6.18 Å². The van der Waals surface area contributed by atoms with Crippen LogP contribution < -0.4 is 5.56 Å². The molecule has 0 unspecified atom stereocenters. The number of nitrogens with zero attached hydrogens (tertiary/aromatic N) is 2. The van der Waals surface area contributed by atoms with E-state index in [0.717, 1.165) is 6.20 Å². The molecule has 0 spiro atoms. The maximum absolute atomic E-state index is 12.2. The molecule has 0 aromatic carbocycles. The molecule has 0 aliphatic heterocycles. The maximum atomic E-state index is 12.2. The summed E-state index contributed by atoms with van der Waals surface area (Å²) >= 11 is 0. The summed E-state index contributed by atoms with van der Waals surface area (Å²) in [6.45, 7) is 1.21. The van der Waals surface area contributed by atoms with Crippen LogP contribution in [0.4, 0.5) is 13.2 Å². The van der Waals surface area contributed by atoms with Crippen molar-refractivity contribution in [2.45, 2.75) is 13.1 Å². The zero-order chi connectivity index (χ0) is 10.2. The molecule has 3 nitrogen and oxygen atoms in total. The Kier molecular flexibility index (Phi) is 2.15. The van der Waals surface area contributed by atoms with Gasteiger partial charge in [-0.1, -0.05) is 0 Å². The molecular weight excluding hydrogens is 185 g/mol. The van der Waals surface area contributed by atoms with Gasteiger partial charge < -0.3 is 0 Å². The van der Waals surface area contributed by atoms with Crippen molar-refractivity contribution < 1.29 is 13.2 Å². The number of hydrogen-bond donors (Lipinski definition) is 0. The van der Waals surface area contributed by atoms with Crippen LogP contribution in [0, 0.1) is 6.92 Å². The number of rotatable bonds is 0. The molecule has 1 aromatic rings. The van der Waals surface area contributed by atoms with E-state index in [9.17, 15) is 18.0 Å². The summed E-state index contributed by atoms with van der Waals surface area (Å²) in [6.07, 6.45) is -3.59. The smallest absolute Gasteiger partial charge is 0.267 e. The Morgan fingerprint density at radius 2 is 2.00 bits per heavy atom. The van der Waals surface area contributed by atoms with Gasteiger partial charge in [0.15, 0.2) is 0 Å². The summed E-state index contributed by atoms with van der Waals surface area (Å²) in [7, 11) is 1.18. The summed E-state index contributed by atoms with van der Waals surface area (Å²) in [5.41, 5.74) is -2.42. The zero-order valence-corrected chi connectivity index (χ0v) is 7.01. The van der Waals surface area contributed by atoms with Gasteiger partial charge in [0.1, 0.15) is 5.56 Å². The molecule has 0 N–H and O–H groups in total. The molecule has 0 atom stereocenters. The number of aryl methyl sites for hydroxylation is 2. The molecule has 0 aliphatic carbocycles. The standard InChI is InChI=1S/C7H7F3N2O/c1-4-3-11-12(2)6(13)5(4)7(8,9)10/h3H,1-2H3. The Labute approximate surface area is 71.8 Å². The first-order chi connectivity index (χ1) is 5.84. The van der Waals surface area contributed by atoms with E-state index in [-0.39, 0.29) is 5.56 Å². The highest BCUT2D eigenvalue weighted by molar-refractivity contribution is 5.22. The highest BCUT2D eigenvalue weighted by Crippen LogP contribution is 2.28. The van der Waals surface area contributed by atoms with Crippen molar-refractivity contribution in [3.8, 4) is 0 Å². The van der Waals surface area contributed by atoms with Crippen LogP contribution in [0.1, 0.15) is 11.1 Å². The van der Waals surface area contributed by atoms with Crippen LogP contribution in [0.15, 0.2) is 11.0 Å². The summed E-state index contributed by atoms with van der Waals surface area (Å²) in [6, 6.07) is 0. The maximum Gasteiger partial charge on any atom is 0.422 e. The molecule has 1 heterocycles. The Morgan fingerprint density at radius 1 is 1.46 bits per heavy atom. The average molecular weight is 192 g/mol. The predicted molar refractivity (Wildman–Crippen MR) is 39.2 cm³/mol. The van der Waals surface area contributed by atoms with Crippen molar-refractivity contribution >= 4 is 0 Å². The summed E-state index contributed by atoms with van der Waals surface area (Å²) < 4.78 is 37.4. The van der Waals surface area contributed by atoms with Gasteiger partial charge in [-0.2, -0.15) is 18.3 Å². The number of hydrogen-bond acceptors (Lipinski definition) is 2. The Bertz CT molecular complexity index is 380. The highest BCUT2D eigenvalue weighted by atomic mass is 19.4. The van der Waals surface area contributed by atoms with E-state index in [1.807, 2.05) is 0 Å². The van der Waals surface area contributed by atoms with Crippen molar-refractivity contribution in [2.75, 3.05) is 0 Å². The van der Waals surface area contributed by atoms with Gasteiger partial charge in [0.2, 0.25) is 0 Å². The monoisotopic (exact) mass is 192 g/mol. The lowest BCUT2D eigenvalue weighted by Crippen LogP contribution is -2.29. The second-order valence-corrected chi connectivity index (χ2v) is 2.63. The van der Waals surface area contributed by atoms with Crippen LogP contribution in [0.3, 0.4) is 0 Å². The van der Waals surface area contributed by atoms with E-state index in [2.05, 4.69) is 5.10 Å². The molecule has 1 rings (SSSR count). The molecular formula is C7H7F3N2O. The van der Waals surface area contributed by atoms with Gasteiger partial charge in [0.05, 0.1) is 6.20 Å². The fourth-order valence-electron chi connectivity index (χ4n) is 0.965. The van der Waals surface area contributed by atoms with Crippen LogP contribution in [0.25, 0.3) is 0 Å². The SMILES string of the molecule is Cc1cnn(C)c(=O)c1C(F)(F)F. The second kappa shape index (κ2) is 2.86. The highest BCUT2D eigenvalue weighted by Gasteiger charge is 2.36. The van der Waals surface area contributed by atoms with Gasteiger partial charge in [-0.15, -0.1) is 0 Å². The van der Waals surface area contributed by atoms with E-state index in [0.29, 0.717) is 4.68 Å². The normalized spacial score (nSPS) is 11.8. The third kappa shape index (κ3) is 1.71. The van der Waals surface area contributed by atoms with E-state index in [1.165, 1.54) is 14.0 Å². The summed E-state index contributed by atoms with van der Waals surface area (Å²) in [5, 5.41) is 3.46. The lowest BCUT2D eigenvalue weighted by Gasteiger charge is -2.09. The third-order valence-electron chi connectivity index (χ3n) is 1.61. The number of alkyl halides is 3. The molecule has 0 radical (unpaired) electrons. The van der Waals surface area contributed by atoms with E-state index >= 15 is 0 Å². The molecule has 72 valence electrons. The molecule has 0 aliphatic rings. The Morgan fingerprint density at radius 3 is 2.38 bits per heavy atom. The second-order valence-electron chi connectivity index (χ2n) is 2.63. The van der Waals surface area contributed by atoms with Crippen LogP contribution >= 0.6 is 0 Å². The molecule has 0 fully saturated rings. The first-order valence-electron chi connectivity index (χ1n) is 3.44. The first-order valence-corrected chi connectivity index (χ1v) is 3.44. The molecule has 0 bridgehead atoms. The van der Waals surface area contributed by atoms with E-state index < -0.39 is 17.3 Å². The zero-order valence-electron chi connectivity index (χ0n) is 7.01. The van der Waals surface area contributed by atoms with Gasteiger partial charge in [-0.25, -0.2) is 4.68 Å². The molecule has 0 saturated heterocycles. The minimum Gasteiger partial charge on any atom is -0.267 e. The van der Waals surface area contributed by atoms with Crippen LogP contribution in [0.5, 0.6) is 0 Å². The number of halogens is 3. The van der Waals surface area contributed by atoms with Gasteiger partial charge in [-0.3, -0.25) is 4.79 Å². The largest absolute Gasteiger partial charge is 0.422 e. The van der Waals surface area contributed by atoms with Crippen molar-refractivity contribution in [3.63, 3.8) is 0 Å². The van der Waals surface area contributed by atoms with E-state index in [1.54, 1.807) is 0 Å². The fraction of sp³-hybridized carbons (Fsp3) is 0.429. The summed E-state index contributed by atoms with van der Waals surface area (Å²) in [5.74, 6) is 0. The lowest BCUT2D eigenvalue weighted by molar-refractivity contribution is -0.139. The van der Waals surface area contributed by atoms with Gasteiger partial charge in [0, 0.05) is 7.05 Å². The van der Waals surface area contributed by atoms with Crippen molar-refractivity contribution in [2.24, 2.45) is 7.05 Å². The summed E-state index contributed by atoms with van der Waals surface area (Å²) in [4.78, 5) is 11.0. The predicted octanol–water partition coefficient (Wildman–Crippen LogP) is 1.11. The minimum atomic E-state index is -4.61. The molecule has 0 saturated carbocycles. The molecule has 1 aromatic heterocycles. The quantitative estimate of drug-likeness (QED) is 0.617. The lowest BCUT2D eigenvalue weighted by atomic mass is 10.2. The fourth-order valence-corrected chi connectivity index (χ4v) is 0.965. The Balaban J connectivity index is 3.53. The van der Waals surface area contributed by atoms with Crippen LogP contribution in [-0.4, -0.2) is 9.78 Å².